The van der Waals surface area contributed by atoms with E-state index < -0.39 is 0 Å². The molecular weight excluding hydrogens is 200 g/mol. The van der Waals surface area contributed by atoms with Crippen LogP contribution in [0.2, 0.25) is 0 Å². The van der Waals surface area contributed by atoms with Gasteiger partial charge in [-0.1, -0.05) is 0 Å². The monoisotopic (exact) mass is 212 g/mol. The average Bonchev–Trinajstić information content (AvgIpc) is 2.54. The van der Waals surface area contributed by atoms with Gasteiger partial charge in [0.1, 0.15) is 16.6 Å². The highest BCUT2D eigenvalue weighted by Crippen LogP contribution is 2.24. The zero-order chi connectivity index (χ0) is 10.4. The number of aromatic nitrogens is 1. The van der Waals surface area contributed by atoms with Crippen molar-refractivity contribution in [2.24, 2.45) is 0 Å². The molecule has 0 aliphatic carbocycles. The third-order valence-electron chi connectivity index (χ3n) is 1.57. The van der Waals surface area contributed by atoms with Gasteiger partial charge >= 0.3 is 0 Å². The molecule has 0 aliphatic heterocycles. The van der Waals surface area contributed by atoms with Crippen LogP contribution in [0.3, 0.4) is 0 Å². The Hall–Kier alpha value is -1.32. The van der Waals surface area contributed by atoms with E-state index in [0.29, 0.717) is 30.3 Å². The van der Waals surface area contributed by atoms with E-state index >= 15 is 0 Å². The second-order valence-electron chi connectivity index (χ2n) is 2.51. The molecule has 14 heavy (non-hydrogen) atoms. The van der Waals surface area contributed by atoms with E-state index in [1.165, 1.54) is 11.5 Å². The number of nitrogens with zero attached hydrogens (tertiary/aromatic N) is 2. The molecule has 0 fully saturated rings. The summed E-state index contributed by atoms with van der Waals surface area (Å²) < 4.78 is 9.02. The highest BCUT2D eigenvalue weighted by molar-refractivity contribution is 7.10. The first-order chi connectivity index (χ1) is 6.79. The highest BCUT2D eigenvalue weighted by Gasteiger charge is 2.09. The predicted molar refractivity (Wildman–Crippen MR) is 56.2 cm³/mol. The van der Waals surface area contributed by atoms with Gasteiger partial charge in [0.05, 0.1) is 6.61 Å². The summed E-state index contributed by atoms with van der Waals surface area (Å²) in [5.41, 5.74) is 5.91. The minimum atomic E-state index is 0.288. The zero-order valence-electron chi connectivity index (χ0n) is 7.91. The van der Waals surface area contributed by atoms with Crippen molar-refractivity contribution in [3.8, 4) is 6.07 Å². The van der Waals surface area contributed by atoms with Crippen molar-refractivity contribution in [1.29, 1.82) is 5.26 Å². The molecule has 1 rings (SSSR count). The van der Waals surface area contributed by atoms with Crippen LogP contribution in [0.25, 0.3) is 0 Å². The standard InChI is InChI=1S/C8H12N4OS/c1-2-13-4-3-11-8-6(5-9)7(10)12-14-8/h11H,2-4H2,1H3,(H2,10,12). The van der Waals surface area contributed by atoms with Gasteiger partial charge in [0.2, 0.25) is 0 Å². The second kappa shape index (κ2) is 5.42. The van der Waals surface area contributed by atoms with E-state index in [1.54, 1.807) is 0 Å². The Balaban J connectivity index is 2.47. The number of nitrogens with one attached hydrogen (secondary N) is 1. The van der Waals surface area contributed by atoms with Crippen LogP contribution in [0.4, 0.5) is 10.8 Å². The smallest absolute Gasteiger partial charge is 0.157 e. The van der Waals surface area contributed by atoms with E-state index in [2.05, 4.69) is 9.69 Å². The van der Waals surface area contributed by atoms with E-state index in [1.807, 2.05) is 13.0 Å². The minimum absolute atomic E-state index is 0.288. The fourth-order valence-corrected chi connectivity index (χ4v) is 1.60. The lowest BCUT2D eigenvalue weighted by Gasteiger charge is -2.02. The third-order valence-corrected chi connectivity index (χ3v) is 2.39. The van der Waals surface area contributed by atoms with Crippen LogP contribution in [-0.4, -0.2) is 24.1 Å². The van der Waals surface area contributed by atoms with Gasteiger partial charge in [0.15, 0.2) is 5.82 Å². The SMILES string of the molecule is CCOCCNc1snc(N)c1C#N. The molecule has 5 nitrogen and oxygen atoms in total. The normalized spacial score (nSPS) is 9.71. The molecule has 6 heteroatoms. The van der Waals surface area contributed by atoms with Crippen molar-refractivity contribution in [3.63, 3.8) is 0 Å². The summed E-state index contributed by atoms with van der Waals surface area (Å²) in [6, 6.07) is 2.00. The largest absolute Gasteiger partial charge is 0.382 e. The van der Waals surface area contributed by atoms with Gasteiger partial charge in [0, 0.05) is 13.2 Å². The second-order valence-corrected chi connectivity index (χ2v) is 3.28. The van der Waals surface area contributed by atoms with Gasteiger partial charge in [-0.3, -0.25) is 0 Å². The van der Waals surface area contributed by atoms with E-state index in [9.17, 15) is 0 Å². The first-order valence-electron chi connectivity index (χ1n) is 4.26. The van der Waals surface area contributed by atoms with Crippen LogP contribution in [0.15, 0.2) is 0 Å². The maximum Gasteiger partial charge on any atom is 0.157 e. The van der Waals surface area contributed by atoms with Crippen LogP contribution >= 0.6 is 11.5 Å². The average molecular weight is 212 g/mol. The zero-order valence-corrected chi connectivity index (χ0v) is 8.73. The lowest BCUT2D eigenvalue weighted by Crippen LogP contribution is -2.08. The topological polar surface area (TPSA) is 84.0 Å². The molecule has 0 radical (unpaired) electrons. The van der Waals surface area contributed by atoms with Crippen molar-refractivity contribution < 1.29 is 4.74 Å². The molecule has 0 amide bonds. The number of rotatable bonds is 5. The molecule has 0 unspecified atom stereocenters. The number of nitrogen functional groups attached to an aromatic ring is 1. The first-order valence-corrected chi connectivity index (χ1v) is 5.03. The summed E-state index contributed by atoms with van der Waals surface area (Å²) in [6.45, 7) is 3.90. The van der Waals surface area contributed by atoms with Gasteiger partial charge in [-0.05, 0) is 18.5 Å². The van der Waals surface area contributed by atoms with Crippen molar-refractivity contribution >= 4 is 22.4 Å². The van der Waals surface area contributed by atoms with Crippen LogP contribution in [0, 0.1) is 11.3 Å². The molecule has 1 aromatic rings. The lowest BCUT2D eigenvalue weighted by molar-refractivity contribution is 0.158. The number of hydrogen-bond acceptors (Lipinski definition) is 6. The van der Waals surface area contributed by atoms with Crippen molar-refractivity contribution in [3.05, 3.63) is 5.56 Å². The fraction of sp³-hybridized carbons (Fsp3) is 0.500. The molecule has 3 N–H and O–H groups in total. The highest BCUT2D eigenvalue weighted by atomic mass is 32.1. The molecule has 1 aromatic heterocycles. The van der Waals surface area contributed by atoms with E-state index in [4.69, 9.17) is 15.7 Å². The predicted octanol–water partition coefficient (Wildman–Crippen LogP) is 1.05. The van der Waals surface area contributed by atoms with E-state index in [-0.39, 0.29) is 5.82 Å². The number of ether oxygens (including phenoxy) is 1. The quantitative estimate of drug-likeness (QED) is 0.712. The summed E-state index contributed by atoms with van der Waals surface area (Å²) in [5.74, 6) is 0.288. The summed E-state index contributed by atoms with van der Waals surface area (Å²) in [4.78, 5) is 0. The Morgan fingerprint density at radius 2 is 2.50 bits per heavy atom. The van der Waals surface area contributed by atoms with Gasteiger partial charge in [-0.25, -0.2) is 0 Å². The van der Waals surface area contributed by atoms with Gasteiger partial charge in [-0.15, -0.1) is 0 Å². The van der Waals surface area contributed by atoms with Crippen LogP contribution < -0.4 is 11.1 Å². The van der Waals surface area contributed by atoms with Crippen LogP contribution in [0.5, 0.6) is 0 Å². The maximum absolute atomic E-state index is 8.76. The molecule has 0 spiro atoms. The van der Waals surface area contributed by atoms with Crippen LogP contribution in [0.1, 0.15) is 12.5 Å². The summed E-state index contributed by atoms with van der Waals surface area (Å²) >= 11 is 1.19. The maximum atomic E-state index is 8.76. The molecule has 0 bridgehead atoms. The molecular formula is C8H12N4OS. The third kappa shape index (κ3) is 2.58. The van der Waals surface area contributed by atoms with Crippen molar-refractivity contribution in [2.75, 3.05) is 30.8 Å². The number of hydrogen-bond donors (Lipinski definition) is 2. The van der Waals surface area contributed by atoms with Gasteiger partial charge < -0.3 is 15.8 Å². The van der Waals surface area contributed by atoms with E-state index in [0.717, 1.165) is 0 Å². The number of nitriles is 1. The van der Waals surface area contributed by atoms with Crippen molar-refractivity contribution in [1.82, 2.24) is 4.37 Å². The molecule has 76 valence electrons. The molecule has 0 aliphatic rings. The number of anilines is 2. The summed E-state index contributed by atoms with van der Waals surface area (Å²) in [6.07, 6.45) is 0. The Kier molecular flexibility index (Phi) is 4.16. The Labute approximate surface area is 86.7 Å². The summed E-state index contributed by atoms with van der Waals surface area (Å²) in [5, 5.41) is 12.5. The molecule has 1 heterocycles. The Bertz CT molecular complexity index is 331. The summed E-state index contributed by atoms with van der Waals surface area (Å²) in [7, 11) is 0. The van der Waals surface area contributed by atoms with Crippen molar-refractivity contribution in [2.45, 2.75) is 6.92 Å². The Morgan fingerprint density at radius 3 is 3.14 bits per heavy atom. The molecule has 0 saturated heterocycles. The lowest BCUT2D eigenvalue weighted by atomic mass is 10.3. The van der Waals surface area contributed by atoms with Crippen LogP contribution in [-0.2, 0) is 4.74 Å². The van der Waals surface area contributed by atoms with Gasteiger partial charge in [0.25, 0.3) is 0 Å². The first kappa shape index (κ1) is 10.8. The Morgan fingerprint density at radius 1 is 1.71 bits per heavy atom. The fourth-order valence-electron chi connectivity index (χ4n) is 0.912. The molecule has 0 saturated carbocycles. The van der Waals surface area contributed by atoms with Gasteiger partial charge in [-0.2, -0.15) is 9.64 Å². The molecule has 0 aromatic carbocycles. The number of nitrogens with two attached hydrogens (primary N) is 1. The molecule has 0 atom stereocenters. The minimum Gasteiger partial charge on any atom is -0.382 e.